The Morgan fingerprint density at radius 3 is 2.47 bits per heavy atom. The molecule has 0 radical (unpaired) electrons. The molecule has 0 spiro atoms. The number of fused-ring (bicyclic) bond motifs is 1. The molecule has 16 heteroatoms. The van der Waals surface area contributed by atoms with Crippen LogP contribution in [0.1, 0.15) is 47.5 Å². The fourth-order valence-electron chi connectivity index (χ4n) is 4.21. The van der Waals surface area contributed by atoms with Crippen LogP contribution in [0, 0.1) is 0 Å². The van der Waals surface area contributed by atoms with E-state index in [2.05, 4.69) is 10.2 Å². The van der Waals surface area contributed by atoms with Crippen molar-refractivity contribution < 1.29 is 53.5 Å². The van der Waals surface area contributed by atoms with Gasteiger partial charge in [0.15, 0.2) is 0 Å². The molecule has 0 unspecified atom stereocenters. The molecule has 1 aromatic carbocycles. The van der Waals surface area contributed by atoms with Crippen molar-refractivity contribution in [3.8, 4) is 11.5 Å². The van der Waals surface area contributed by atoms with Crippen LogP contribution >= 0.6 is 0 Å². The molecular weight excluding hydrogens is 515 g/mol. The maximum absolute atomic E-state index is 14.7. The zero-order valence-electron chi connectivity index (χ0n) is 17.8. The van der Waals surface area contributed by atoms with E-state index in [1.807, 2.05) is 0 Å². The van der Waals surface area contributed by atoms with Gasteiger partial charge < -0.3 is 14.6 Å². The maximum atomic E-state index is 14.7. The number of nitrogens with zero attached hydrogens (tertiary/aromatic N) is 3. The van der Waals surface area contributed by atoms with Crippen molar-refractivity contribution in [2.45, 2.75) is 62.3 Å². The van der Waals surface area contributed by atoms with Crippen molar-refractivity contribution in [3.05, 3.63) is 35.2 Å². The van der Waals surface area contributed by atoms with Gasteiger partial charge in [-0.1, -0.05) is 6.07 Å². The Balaban J connectivity index is 1.61. The molecule has 1 aliphatic heterocycles. The highest BCUT2D eigenvalue weighted by atomic mass is 19.4. The first-order chi connectivity index (χ1) is 16.6. The molecule has 2 heterocycles. The van der Waals surface area contributed by atoms with Crippen molar-refractivity contribution in [2.24, 2.45) is 0 Å². The van der Waals surface area contributed by atoms with Crippen LogP contribution in [0.15, 0.2) is 22.6 Å². The number of carbonyl (C=O) groups is 2. The normalized spacial score (nSPS) is 22.2. The topological polar surface area (TPSA) is 88.3 Å². The van der Waals surface area contributed by atoms with Crippen LogP contribution < -0.4 is 5.32 Å². The summed E-state index contributed by atoms with van der Waals surface area (Å²) in [6.45, 7) is -0.316. The van der Waals surface area contributed by atoms with Gasteiger partial charge in [-0.2, -0.15) is 30.7 Å². The van der Waals surface area contributed by atoms with Crippen LogP contribution in [0.4, 0.5) is 39.5 Å². The number of rotatable bonds is 5. The second kappa shape index (κ2) is 8.65. The molecule has 4 rings (SSSR count). The predicted octanol–water partition coefficient (Wildman–Crippen LogP) is 4.50. The van der Waals surface area contributed by atoms with E-state index in [9.17, 15) is 49.1 Å². The fraction of sp³-hybridized carbons (Fsp3) is 0.500. The Bertz CT molecular complexity index is 1180. The third kappa shape index (κ3) is 4.36. The molecule has 196 valence electrons. The molecule has 2 amide bonds. The summed E-state index contributed by atoms with van der Waals surface area (Å²) in [6.07, 6.45) is -10.7. The summed E-state index contributed by atoms with van der Waals surface area (Å²) < 4.78 is 124. The molecule has 2 aromatic rings. The molecule has 1 aromatic heterocycles. The fourth-order valence-corrected chi connectivity index (χ4v) is 4.21. The lowest BCUT2D eigenvalue weighted by Gasteiger charge is -2.42. The van der Waals surface area contributed by atoms with Gasteiger partial charge in [0.2, 0.25) is 5.89 Å². The Hall–Kier alpha value is -3.33. The maximum Gasteiger partial charge on any atom is 0.463 e. The van der Waals surface area contributed by atoms with E-state index in [1.54, 1.807) is 0 Å². The first-order valence-electron chi connectivity index (χ1n) is 10.3. The molecule has 36 heavy (non-hydrogen) atoms. The minimum Gasteiger partial charge on any atom is -0.415 e. The van der Waals surface area contributed by atoms with Gasteiger partial charge in [-0.05, 0) is 30.5 Å². The lowest BCUT2D eigenvalue weighted by molar-refractivity contribution is -0.271. The van der Waals surface area contributed by atoms with Crippen molar-refractivity contribution >= 4 is 11.8 Å². The van der Waals surface area contributed by atoms with Crippen molar-refractivity contribution in [1.82, 2.24) is 20.4 Å². The van der Waals surface area contributed by atoms with Gasteiger partial charge in [0.05, 0.1) is 6.04 Å². The largest absolute Gasteiger partial charge is 0.463 e. The highest BCUT2D eigenvalue weighted by molar-refractivity contribution is 5.99. The van der Waals surface area contributed by atoms with Crippen molar-refractivity contribution in [3.63, 3.8) is 0 Å². The van der Waals surface area contributed by atoms with Crippen LogP contribution in [0.25, 0.3) is 11.5 Å². The number of halogens is 9. The van der Waals surface area contributed by atoms with Crippen molar-refractivity contribution in [2.75, 3.05) is 0 Å². The second-order valence-corrected chi connectivity index (χ2v) is 8.30. The zero-order chi connectivity index (χ0) is 26.6. The first-order valence-corrected chi connectivity index (χ1v) is 10.3. The monoisotopic (exact) mass is 530 g/mol. The molecule has 1 aliphatic carbocycles. The van der Waals surface area contributed by atoms with Gasteiger partial charge in [0, 0.05) is 24.1 Å². The average molecular weight is 530 g/mol. The lowest BCUT2D eigenvalue weighted by Crippen LogP contribution is -2.65. The molecule has 0 saturated heterocycles. The Kier molecular flexibility index (Phi) is 6.19. The average Bonchev–Trinajstić information content (AvgIpc) is 3.39. The van der Waals surface area contributed by atoms with E-state index in [1.165, 1.54) is 18.2 Å². The number of hydrogen-bond donors (Lipinski definition) is 1. The zero-order valence-corrected chi connectivity index (χ0v) is 17.8. The molecular formula is C20H15F9N4O3. The molecule has 1 saturated carbocycles. The summed E-state index contributed by atoms with van der Waals surface area (Å²) in [6, 6.07) is -0.279. The van der Waals surface area contributed by atoms with Crippen LogP contribution in [0.5, 0.6) is 0 Å². The molecule has 7 nitrogen and oxygen atoms in total. The number of amides is 2. The summed E-state index contributed by atoms with van der Waals surface area (Å²) in [5.74, 6) is -15.0. The molecule has 0 bridgehead atoms. The second-order valence-electron chi connectivity index (χ2n) is 8.30. The Morgan fingerprint density at radius 1 is 1.17 bits per heavy atom. The summed E-state index contributed by atoms with van der Waals surface area (Å²) >= 11 is 0. The highest BCUT2D eigenvalue weighted by Crippen LogP contribution is 2.41. The Labute approximate surface area is 195 Å². The minimum absolute atomic E-state index is 0.0481. The number of benzene rings is 1. The van der Waals surface area contributed by atoms with Crippen LogP contribution in [0.3, 0.4) is 0 Å². The molecule has 1 N–H and O–H groups in total. The van der Waals surface area contributed by atoms with E-state index < -0.39 is 60.7 Å². The predicted molar refractivity (Wildman–Crippen MR) is 100 cm³/mol. The quantitative estimate of drug-likeness (QED) is 0.576. The summed E-state index contributed by atoms with van der Waals surface area (Å²) in [4.78, 5) is 25.6. The van der Waals surface area contributed by atoms with E-state index >= 15 is 0 Å². The van der Waals surface area contributed by atoms with Gasteiger partial charge in [-0.15, -0.1) is 10.2 Å². The third-order valence-electron chi connectivity index (χ3n) is 5.99. The van der Waals surface area contributed by atoms with Gasteiger partial charge in [0.25, 0.3) is 17.7 Å². The first kappa shape index (κ1) is 25.8. The summed E-state index contributed by atoms with van der Waals surface area (Å²) in [7, 11) is 0. The van der Waals surface area contributed by atoms with Crippen LogP contribution in [-0.2, 0) is 11.3 Å². The number of carbonyl (C=O) groups excluding carboxylic acids is 2. The SMILES string of the molecule is O=C1c2cc(-c3nnc(C(F)F)o3)ccc2CN1[C@@H]1CCCC(F)(F)[C@H]1NC(=O)C(F)(F)C(F)(F)F. The van der Waals surface area contributed by atoms with Crippen LogP contribution in [0.2, 0.25) is 0 Å². The van der Waals surface area contributed by atoms with Gasteiger partial charge in [-0.3, -0.25) is 9.59 Å². The number of hydrogen-bond acceptors (Lipinski definition) is 5. The summed E-state index contributed by atoms with van der Waals surface area (Å²) in [5, 5.41) is 7.72. The Morgan fingerprint density at radius 2 is 1.86 bits per heavy atom. The van der Waals surface area contributed by atoms with E-state index in [4.69, 9.17) is 4.42 Å². The van der Waals surface area contributed by atoms with Crippen molar-refractivity contribution in [1.29, 1.82) is 0 Å². The molecule has 2 atom stereocenters. The smallest absolute Gasteiger partial charge is 0.415 e. The molecule has 2 aliphatic rings. The lowest BCUT2D eigenvalue weighted by atomic mass is 9.85. The third-order valence-corrected chi connectivity index (χ3v) is 5.99. The van der Waals surface area contributed by atoms with Gasteiger partial charge in [-0.25, -0.2) is 8.78 Å². The number of nitrogens with one attached hydrogen (secondary N) is 1. The van der Waals surface area contributed by atoms with E-state index in [0.717, 1.165) is 10.2 Å². The van der Waals surface area contributed by atoms with E-state index in [-0.39, 0.29) is 42.0 Å². The van der Waals surface area contributed by atoms with Crippen LogP contribution in [-0.4, -0.2) is 57.0 Å². The van der Waals surface area contributed by atoms with Gasteiger partial charge >= 0.3 is 24.4 Å². The minimum atomic E-state index is -6.31. The standard InChI is InChI=1S/C20H15F9N4O3/c21-13(22)15-32-31-14(36-15)8-3-4-9-7-33(16(34)10(9)6-8)11-2-1-5-18(23,24)12(11)30-17(35)19(25,26)20(27,28)29/h3-4,6,11-13H,1-2,5,7H2,(H,30,35)/t11-,12+/m1/s1. The number of alkyl halides is 9. The van der Waals surface area contributed by atoms with E-state index in [0.29, 0.717) is 0 Å². The summed E-state index contributed by atoms with van der Waals surface area (Å²) in [5.41, 5.74) is 0.243. The molecule has 1 fully saturated rings. The van der Waals surface area contributed by atoms with Gasteiger partial charge in [0.1, 0.15) is 6.04 Å². The number of aromatic nitrogens is 2. The highest BCUT2D eigenvalue weighted by Gasteiger charge is 2.65.